The van der Waals surface area contributed by atoms with Crippen molar-refractivity contribution in [1.29, 1.82) is 0 Å². The van der Waals surface area contributed by atoms with Crippen LogP contribution in [0.5, 0.6) is 0 Å². The number of hydrogen-bond acceptors (Lipinski definition) is 1. The van der Waals surface area contributed by atoms with Crippen molar-refractivity contribution in [3.05, 3.63) is 170 Å². The van der Waals surface area contributed by atoms with Gasteiger partial charge in [-0.2, -0.15) is 0 Å². The second-order valence-corrected chi connectivity index (χ2v) is 11.6. The van der Waals surface area contributed by atoms with Gasteiger partial charge in [0.2, 0.25) is 0 Å². The van der Waals surface area contributed by atoms with Crippen LogP contribution in [0.3, 0.4) is 0 Å². The second kappa shape index (κ2) is 10.3. The van der Waals surface area contributed by atoms with Crippen molar-refractivity contribution < 1.29 is 0 Å². The van der Waals surface area contributed by atoms with E-state index in [0.717, 1.165) is 28.1 Å². The number of fused-ring (bicyclic) bond motifs is 4. The summed E-state index contributed by atoms with van der Waals surface area (Å²) in [6.45, 7) is 0. The predicted octanol–water partition coefficient (Wildman–Crippen LogP) is 11.5. The molecule has 9 aromatic rings. The summed E-state index contributed by atoms with van der Waals surface area (Å²) in [5.74, 6) is 0.936. The smallest absolute Gasteiger partial charge is 0.145 e. The lowest BCUT2D eigenvalue weighted by Gasteiger charge is -2.18. The lowest BCUT2D eigenvalue weighted by atomic mass is 9.85. The Hall–Kier alpha value is -5.99. The Balaban J connectivity index is 1.31. The van der Waals surface area contributed by atoms with Crippen LogP contribution < -0.4 is 0 Å². The van der Waals surface area contributed by atoms with E-state index in [-0.39, 0.29) is 0 Å². The van der Waals surface area contributed by atoms with Crippen molar-refractivity contribution in [1.82, 2.24) is 9.55 Å². The topological polar surface area (TPSA) is 17.8 Å². The van der Waals surface area contributed by atoms with Crippen molar-refractivity contribution in [3.8, 4) is 39.3 Å². The maximum Gasteiger partial charge on any atom is 0.145 e. The molecule has 0 aliphatic heterocycles. The summed E-state index contributed by atoms with van der Waals surface area (Å²) in [7, 11) is 0. The summed E-state index contributed by atoms with van der Waals surface area (Å²) in [6, 6.07) is 60.9. The van der Waals surface area contributed by atoms with Crippen LogP contribution in [-0.2, 0) is 0 Å². The Bertz CT molecular complexity index is 2480. The van der Waals surface area contributed by atoms with Gasteiger partial charge in [0.05, 0.1) is 11.0 Å². The minimum atomic E-state index is 0.936. The number of hydrogen-bond donors (Lipinski definition) is 0. The average molecular weight is 573 g/mol. The first kappa shape index (κ1) is 25.5. The molecule has 0 saturated carbocycles. The van der Waals surface area contributed by atoms with E-state index in [4.69, 9.17) is 4.98 Å². The molecule has 0 N–H and O–H groups in total. The molecule has 1 aromatic heterocycles. The number of imidazole rings is 1. The van der Waals surface area contributed by atoms with Crippen molar-refractivity contribution in [2.75, 3.05) is 0 Å². The van der Waals surface area contributed by atoms with E-state index in [2.05, 4.69) is 174 Å². The normalized spacial score (nSPS) is 11.6. The zero-order valence-electron chi connectivity index (χ0n) is 24.6. The highest BCUT2D eigenvalue weighted by molar-refractivity contribution is 6.21. The molecule has 0 fully saturated rings. The van der Waals surface area contributed by atoms with Crippen LogP contribution in [0.25, 0.3) is 82.7 Å². The summed E-state index contributed by atoms with van der Waals surface area (Å²) in [4.78, 5) is 5.16. The molecule has 8 aromatic carbocycles. The van der Waals surface area contributed by atoms with Gasteiger partial charge in [0.25, 0.3) is 0 Å². The van der Waals surface area contributed by atoms with E-state index < -0.39 is 0 Å². The van der Waals surface area contributed by atoms with Crippen LogP contribution in [0.4, 0.5) is 0 Å². The summed E-state index contributed by atoms with van der Waals surface area (Å²) in [5.41, 5.74) is 9.20. The lowest BCUT2D eigenvalue weighted by Crippen LogP contribution is -1.97. The number of para-hydroxylation sites is 3. The third-order valence-electron chi connectivity index (χ3n) is 8.95. The van der Waals surface area contributed by atoms with Crippen LogP contribution >= 0.6 is 0 Å². The highest BCUT2D eigenvalue weighted by Crippen LogP contribution is 2.44. The van der Waals surface area contributed by atoms with Gasteiger partial charge in [0.15, 0.2) is 0 Å². The molecule has 0 amide bonds. The van der Waals surface area contributed by atoms with Crippen molar-refractivity contribution in [2.45, 2.75) is 0 Å². The van der Waals surface area contributed by atoms with Gasteiger partial charge in [-0.1, -0.05) is 133 Å². The highest BCUT2D eigenvalue weighted by atomic mass is 15.1. The molecule has 210 valence electrons. The van der Waals surface area contributed by atoms with Crippen LogP contribution in [-0.4, -0.2) is 9.55 Å². The summed E-state index contributed by atoms with van der Waals surface area (Å²) >= 11 is 0. The molecule has 0 unspecified atom stereocenters. The van der Waals surface area contributed by atoms with Crippen LogP contribution in [0.2, 0.25) is 0 Å². The quantitative estimate of drug-likeness (QED) is 0.192. The van der Waals surface area contributed by atoms with Gasteiger partial charge >= 0.3 is 0 Å². The predicted molar refractivity (Wildman–Crippen MR) is 190 cm³/mol. The van der Waals surface area contributed by atoms with Crippen molar-refractivity contribution in [2.24, 2.45) is 0 Å². The van der Waals surface area contributed by atoms with E-state index in [0.29, 0.717) is 0 Å². The van der Waals surface area contributed by atoms with E-state index in [1.54, 1.807) is 0 Å². The SMILES string of the molecule is c1ccc(-n2c(-c3cccc(-c4c5ccccc5c(-c5ccc6ccccc6c5)c5ccccc45)c3)nc3ccccc32)cc1. The molecule has 0 aliphatic carbocycles. The van der Waals surface area contributed by atoms with Gasteiger partial charge in [-0.05, 0) is 91.0 Å². The molecule has 0 spiro atoms. The molecule has 1 heterocycles. The summed E-state index contributed by atoms with van der Waals surface area (Å²) < 4.78 is 2.27. The Morgan fingerprint density at radius 1 is 0.378 bits per heavy atom. The Morgan fingerprint density at radius 3 is 1.64 bits per heavy atom. The molecule has 0 radical (unpaired) electrons. The van der Waals surface area contributed by atoms with E-state index in [9.17, 15) is 0 Å². The minimum absolute atomic E-state index is 0.936. The number of rotatable bonds is 4. The van der Waals surface area contributed by atoms with Gasteiger partial charge in [-0.3, -0.25) is 4.57 Å². The molecular weight excluding hydrogens is 544 g/mol. The van der Waals surface area contributed by atoms with Crippen LogP contribution in [0.15, 0.2) is 170 Å². The van der Waals surface area contributed by atoms with Gasteiger partial charge in [-0.15, -0.1) is 0 Å². The fourth-order valence-corrected chi connectivity index (χ4v) is 6.97. The fourth-order valence-electron chi connectivity index (χ4n) is 6.97. The molecular formula is C43H28N2. The van der Waals surface area contributed by atoms with E-state index in [1.165, 1.54) is 54.6 Å². The molecule has 0 saturated heterocycles. The van der Waals surface area contributed by atoms with E-state index >= 15 is 0 Å². The third-order valence-corrected chi connectivity index (χ3v) is 8.95. The van der Waals surface area contributed by atoms with Gasteiger partial charge in [0, 0.05) is 11.3 Å². The van der Waals surface area contributed by atoms with Gasteiger partial charge in [0.1, 0.15) is 5.82 Å². The Morgan fingerprint density at radius 2 is 0.933 bits per heavy atom. The molecule has 2 heteroatoms. The monoisotopic (exact) mass is 572 g/mol. The van der Waals surface area contributed by atoms with Gasteiger partial charge < -0.3 is 0 Å². The van der Waals surface area contributed by atoms with Crippen molar-refractivity contribution in [3.63, 3.8) is 0 Å². The number of benzene rings is 8. The largest absolute Gasteiger partial charge is 0.292 e. The maximum atomic E-state index is 5.16. The maximum absolute atomic E-state index is 5.16. The number of aromatic nitrogens is 2. The van der Waals surface area contributed by atoms with Crippen molar-refractivity contribution >= 4 is 43.4 Å². The first-order valence-corrected chi connectivity index (χ1v) is 15.4. The third kappa shape index (κ3) is 4.15. The molecule has 0 aliphatic rings. The lowest BCUT2D eigenvalue weighted by molar-refractivity contribution is 1.10. The molecule has 45 heavy (non-hydrogen) atoms. The Kier molecular flexibility index (Phi) is 5.85. The zero-order valence-corrected chi connectivity index (χ0v) is 24.6. The molecule has 9 rings (SSSR count). The first-order chi connectivity index (χ1) is 22.3. The summed E-state index contributed by atoms with van der Waals surface area (Å²) in [5, 5.41) is 7.50. The van der Waals surface area contributed by atoms with E-state index in [1.807, 2.05) is 0 Å². The van der Waals surface area contributed by atoms with Crippen LogP contribution in [0, 0.1) is 0 Å². The zero-order chi connectivity index (χ0) is 29.7. The van der Waals surface area contributed by atoms with Crippen LogP contribution in [0.1, 0.15) is 0 Å². The highest BCUT2D eigenvalue weighted by Gasteiger charge is 2.19. The number of nitrogens with zero attached hydrogens (tertiary/aromatic N) is 2. The standard InChI is InChI=1S/C43H28N2/c1-2-17-34(18-3-1)45-40-24-11-10-23-39(40)44-43(45)33-16-12-15-31(28-33)41-35-19-6-8-21-37(35)42(38-22-9-7-20-36(38)41)32-26-25-29-13-4-5-14-30(29)27-32/h1-28H. The minimum Gasteiger partial charge on any atom is -0.292 e. The molecule has 0 atom stereocenters. The fraction of sp³-hybridized carbons (Fsp3) is 0. The molecule has 2 nitrogen and oxygen atoms in total. The Labute approximate surface area is 261 Å². The first-order valence-electron chi connectivity index (χ1n) is 15.4. The molecule has 0 bridgehead atoms. The average Bonchev–Trinajstić information content (AvgIpc) is 3.51. The summed E-state index contributed by atoms with van der Waals surface area (Å²) in [6.07, 6.45) is 0. The second-order valence-electron chi connectivity index (χ2n) is 11.6. The van der Waals surface area contributed by atoms with Gasteiger partial charge in [-0.25, -0.2) is 4.98 Å².